The van der Waals surface area contributed by atoms with Crippen LogP contribution in [-0.2, 0) is 0 Å². The van der Waals surface area contributed by atoms with Crippen LogP contribution in [0.15, 0.2) is 29.6 Å². The molecule has 0 aliphatic carbocycles. The monoisotopic (exact) mass is 248 g/mol. The highest BCUT2D eigenvalue weighted by Crippen LogP contribution is 2.25. The molecule has 0 bridgehead atoms. The van der Waals surface area contributed by atoms with Gasteiger partial charge in [-0.25, -0.2) is 0 Å². The van der Waals surface area contributed by atoms with E-state index in [2.05, 4.69) is 10.6 Å². The zero-order valence-corrected chi connectivity index (χ0v) is 10.6. The summed E-state index contributed by atoms with van der Waals surface area (Å²) in [4.78, 5) is 12.0. The number of thiophene rings is 1. The van der Waals surface area contributed by atoms with Crippen molar-refractivity contribution in [1.82, 2.24) is 10.6 Å². The predicted molar refractivity (Wildman–Crippen MR) is 72.7 cm³/mol. The van der Waals surface area contributed by atoms with E-state index in [0.717, 1.165) is 28.6 Å². The third-order valence-electron chi connectivity index (χ3n) is 2.61. The van der Waals surface area contributed by atoms with E-state index in [9.17, 15) is 4.79 Å². The highest BCUT2D eigenvalue weighted by atomic mass is 32.1. The molecule has 2 rings (SSSR count). The molecule has 0 aliphatic rings. The van der Waals surface area contributed by atoms with Crippen LogP contribution in [0.1, 0.15) is 16.8 Å². The lowest BCUT2D eigenvalue weighted by Gasteiger charge is -2.03. The van der Waals surface area contributed by atoms with Crippen molar-refractivity contribution in [3.8, 4) is 0 Å². The molecule has 1 aromatic carbocycles. The Bertz CT molecular complexity index is 507. The molecule has 1 aromatic heterocycles. The van der Waals surface area contributed by atoms with Crippen molar-refractivity contribution in [2.75, 3.05) is 20.1 Å². The molecule has 0 saturated heterocycles. The minimum Gasteiger partial charge on any atom is -0.352 e. The van der Waals surface area contributed by atoms with Crippen LogP contribution in [0.4, 0.5) is 0 Å². The Morgan fingerprint density at radius 2 is 2.12 bits per heavy atom. The Kier molecular flexibility index (Phi) is 4.12. The lowest BCUT2D eigenvalue weighted by Crippen LogP contribution is -2.26. The fourth-order valence-corrected chi connectivity index (χ4v) is 2.66. The van der Waals surface area contributed by atoms with Crippen molar-refractivity contribution >= 4 is 27.3 Å². The van der Waals surface area contributed by atoms with Crippen LogP contribution in [0.3, 0.4) is 0 Å². The van der Waals surface area contributed by atoms with Gasteiger partial charge in [0.15, 0.2) is 0 Å². The Morgan fingerprint density at radius 1 is 1.29 bits per heavy atom. The summed E-state index contributed by atoms with van der Waals surface area (Å²) in [6.45, 7) is 1.63. The number of hydrogen-bond acceptors (Lipinski definition) is 3. The molecule has 4 heteroatoms. The number of amides is 1. The molecule has 1 heterocycles. The maximum absolute atomic E-state index is 12.0. The van der Waals surface area contributed by atoms with Crippen LogP contribution in [0, 0.1) is 0 Å². The van der Waals surface area contributed by atoms with E-state index < -0.39 is 0 Å². The molecule has 2 N–H and O–H groups in total. The van der Waals surface area contributed by atoms with Gasteiger partial charge in [-0.1, -0.05) is 18.2 Å². The third-order valence-corrected chi connectivity index (χ3v) is 3.58. The van der Waals surface area contributed by atoms with Gasteiger partial charge >= 0.3 is 0 Å². The van der Waals surface area contributed by atoms with Crippen LogP contribution in [0.25, 0.3) is 10.1 Å². The lowest BCUT2D eigenvalue weighted by atomic mass is 10.1. The number of carbonyl (C=O) groups excluding carboxylic acids is 1. The highest BCUT2D eigenvalue weighted by Gasteiger charge is 2.10. The van der Waals surface area contributed by atoms with Gasteiger partial charge in [-0.3, -0.25) is 4.79 Å². The molecule has 0 fully saturated rings. The molecule has 0 spiro atoms. The molecular formula is C13H16N2OS. The first-order valence-corrected chi connectivity index (χ1v) is 6.60. The topological polar surface area (TPSA) is 41.1 Å². The minimum atomic E-state index is 0.0264. The Balaban J connectivity index is 2.04. The smallest absolute Gasteiger partial charge is 0.252 e. The Morgan fingerprint density at radius 3 is 2.94 bits per heavy atom. The standard InChI is InChI=1S/C13H16N2OS/c1-14-7-4-8-15-13(16)11-9-17-12-6-3-2-5-10(11)12/h2-3,5-6,9,14H,4,7-8H2,1H3,(H,15,16). The number of hydrogen-bond donors (Lipinski definition) is 2. The van der Waals surface area contributed by atoms with Crippen LogP contribution in [-0.4, -0.2) is 26.0 Å². The molecule has 90 valence electrons. The highest BCUT2D eigenvalue weighted by molar-refractivity contribution is 7.17. The van der Waals surface area contributed by atoms with Crippen molar-refractivity contribution < 1.29 is 4.79 Å². The summed E-state index contributed by atoms with van der Waals surface area (Å²) in [5.74, 6) is 0.0264. The number of carbonyl (C=O) groups is 1. The second-order valence-electron chi connectivity index (χ2n) is 3.86. The molecule has 0 aliphatic heterocycles. The SMILES string of the molecule is CNCCCNC(=O)c1csc2ccccc12. The van der Waals surface area contributed by atoms with E-state index in [0.29, 0.717) is 6.54 Å². The average Bonchev–Trinajstić information content (AvgIpc) is 2.78. The van der Waals surface area contributed by atoms with E-state index in [1.165, 1.54) is 0 Å². The second kappa shape index (κ2) is 5.80. The van der Waals surface area contributed by atoms with Crippen molar-refractivity contribution in [3.05, 3.63) is 35.2 Å². The summed E-state index contributed by atoms with van der Waals surface area (Å²) in [5.41, 5.74) is 0.787. The molecule has 0 saturated carbocycles. The number of nitrogens with one attached hydrogen (secondary N) is 2. The molecule has 2 aromatic rings. The van der Waals surface area contributed by atoms with Crippen LogP contribution < -0.4 is 10.6 Å². The number of rotatable bonds is 5. The fraction of sp³-hybridized carbons (Fsp3) is 0.308. The third kappa shape index (κ3) is 2.84. The van der Waals surface area contributed by atoms with Gasteiger partial charge in [0.25, 0.3) is 5.91 Å². The maximum Gasteiger partial charge on any atom is 0.252 e. The van der Waals surface area contributed by atoms with Gasteiger partial charge in [-0.05, 0) is 26.1 Å². The largest absolute Gasteiger partial charge is 0.352 e. The number of fused-ring (bicyclic) bond motifs is 1. The van der Waals surface area contributed by atoms with Crippen LogP contribution in [0.5, 0.6) is 0 Å². The van der Waals surface area contributed by atoms with Gasteiger partial charge in [-0.2, -0.15) is 0 Å². The van der Waals surface area contributed by atoms with Crippen LogP contribution >= 0.6 is 11.3 Å². The van der Waals surface area contributed by atoms with Crippen molar-refractivity contribution in [3.63, 3.8) is 0 Å². The Labute approximate surface area is 105 Å². The number of benzene rings is 1. The van der Waals surface area contributed by atoms with E-state index in [-0.39, 0.29) is 5.91 Å². The molecule has 17 heavy (non-hydrogen) atoms. The van der Waals surface area contributed by atoms with Gasteiger partial charge in [0.1, 0.15) is 0 Å². The van der Waals surface area contributed by atoms with E-state index in [1.807, 2.05) is 36.7 Å². The van der Waals surface area contributed by atoms with Crippen LogP contribution in [0.2, 0.25) is 0 Å². The first-order valence-electron chi connectivity index (χ1n) is 5.72. The molecule has 0 atom stereocenters. The quantitative estimate of drug-likeness (QED) is 0.797. The van der Waals surface area contributed by atoms with Gasteiger partial charge in [-0.15, -0.1) is 11.3 Å². The maximum atomic E-state index is 12.0. The summed E-state index contributed by atoms with van der Waals surface area (Å²) in [6.07, 6.45) is 0.949. The molecule has 0 unspecified atom stereocenters. The lowest BCUT2D eigenvalue weighted by molar-refractivity contribution is 0.0955. The van der Waals surface area contributed by atoms with Crippen molar-refractivity contribution in [2.45, 2.75) is 6.42 Å². The molecule has 0 radical (unpaired) electrons. The van der Waals surface area contributed by atoms with Gasteiger partial charge in [0.05, 0.1) is 5.56 Å². The van der Waals surface area contributed by atoms with Crippen molar-refractivity contribution in [1.29, 1.82) is 0 Å². The molecular weight excluding hydrogens is 232 g/mol. The van der Waals surface area contributed by atoms with Gasteiger partial charge in [0, 0.05) is 22.0 Å². The minimum absolute atomic E-state index is 0.0264. The van der Waals surface area contributed by atoms with E-state index >= 15 is 0 Å². The van der Waals surface area contributed by atoms with E-state index in [1.54, 1.807) is 11.3 Å². The summed E-state index contributed by atoms with van der Waals surface area (Å²) in [7, 11) is 1.91. The predicted octanol–water partition coefficient (Wildman–Crippen LogP) is 2.24. The Hall–Kier alpha value is -1.39. The summed E-state index contributed by atoms with van der Waals surface area (Å²) < 4.78 is 1.16. The normalized spacial score (nSPS) is 10.6. The molecule has 3 nitrogen and oxygen atoms in total. The summed E-state index contributed by atoms with van der Waals surface area (Å²) in [5, 5.41) is 8.97. The summed E-state index contributed by atoms with van der Waals surface area (Å²) >= 11 is 1.61. The average molecular weight is 248 g/mol. The molecule has 1 amide bonds. The summed E-state index contributed by atoms with van der Waals surface area (Å²) in [6, 6.07) is 7.99. The zero-order valence-electron chi connectivity index (χ0n) is 9.82. The zero-order chi connectivity index (χ0) is 12.1. The van der Waals surface area contributed by atoms with Gasteiger partial charge in [0.2, 0.25) is 0 Å². The second-order valence-corrected chi connectivity index (χ2v) is 4.77. The fourth-order valence-electron chi connectivity index (χ4n) is 1.72. The first kappa shape index (κ1) is 12.1. The van der Waals surface area contributed by atoms with Crippen molar-refractivity contribution in [2.24, 2.45) is 0 Å². The first-order chi connectivity index (χ1) is 8.33. The van der Waals surface area contributed by atoms with Gasteiger partial charge < -0.3 is 10.6 Å². The van der Waals surface area contributed by atoms with E-state index in [4.69, 9.17) is 0 Å².